The lowest BCUT2D eigenvalue weighted by Crippen LogP contribution is -2.52. The van der Waals surface area contributed by atoms with Crippen LogP contribution in [0.4, 0.5) is 18.2 Å². The van der Waals surface area contributed by atoms with Gasteiger partial charge in [0.15, 0.2) is 11.3 Å². The first-order chi connectivity index (χ1) is 15.7. The zero-order valence-corrected chi connectivity index (χ0v) is 18.2. The monoisotopic (exact) mass is 494 g/mol. The largest absolute Gasteiger partial charge is 0.472 e. The summed E-state index contributed by atoms with van der Waals surface area (Å²) in [7, 11) is 0. The van der Waals surface area contributed by atoms with E-state index in [4.69, 9.17) is 16.0 Å². The number of imidazole rings is 1. The molecular weight excluding hydrogens is 481 g/mol. The Morgan fingerprint density at radius 1 is 1.21 bits per heavy atom. The number of carbonyl (C=O) groups is 2. The molecule has 0 bridgehead atoms. The van der Waals surface area contributed by atoms with Crippen LogP contribution in [0.1, 0.15) is 16.1 Å². The van der Waals surface area contributed by atoms with E-state index in [1.807, 2.05) is 11.4 Å². The number of carbonyl (C=O) groups excluding carboxylic acids is 2. The molecule has 7 nitrogen and oxygen atoms in total. The van der Waals surface area contributed by atoms with E-state index < -0.39 is 23.3 Å². The number of anilines is 1. The van der Waals surface area contributed by atoms with E-state index >= 15 is 0 Å². The van der Waals surface area contributed by atoms with Crippen molar-refractivity contribution in [1.82, 2.24) is 14.3 Å². The summed E-state index contributed by atoms with van der Waals surface area (Å²) in [6.07, 6.45) is -0.735. The highest BCUT2D eigenvalue weighted by atomic mass is 35.5. The van der Waals surface area contributed by atoms with Crippen molar-refractivity contribution in [3.8, 4) is 11.1 Å². The summed E-state index contributed by atoms with van der Waals surface area (Å²) in [6.45, 7) is 0.223. The van der Waals surface area contributed by atoms with Crippen LogP contribution in [0.25, 0.3) is 16.8 Å². The summed E-state index contributed by atoms with van der Waals surface area (Å²) in [5, 5.41) is 2.34. The summed E-state index contributed by atoms with van der Waals surface area (Å²) >= 11 is 7.74. The molecule has 1 fully saturated rings. The van der Waals surface area contributed by atoms with Crippen molar-refractivity contribution in [2.45, 2.75) is 6.18 Å². The van der Waals surface area contributed by atoms with Gasteiger partial charge in [-0.1, -0.05) is 11.6 Å². The zero-order valence-electron chi connectivity index (χ0n) is 16.7. The molecule has 170 valence electrons. The predicted octanol–water partition coefficient (Wildman–Crippen LogP) is 4.82. The van der Waals surface area contributed by atoms with Gasteiger partial charge in [-0.25, -0.2) is 4.98 Å². The van der Waals surface area contributed by atoms with Crippen molar-refractivity contribution in [2.75, 3.05) is 24.5 Å². The van der Waals surface area contributed by atoms with Crippen LogP contribution in [-0.4, -0.2) is 45.7 Å². The van der Waals surface area contributed by atoms with E-state index in [1.54, 1.807) is 11.0 Å². The molecule has 0 aromatic carbocycles. The van der Waals surface area contributed by atoms with Gasteiger partial charge in [-0.2, -0.15) is 13.2 Å². The van der Waals surface area contributed by atoms with E-state index in [0.717, 1.165) is 15.5 Å². The third-order valence-corrected chi connectivity index (χ3v) is 6.56. The number of hydrogen-bond acceptors (Lipinski definition) is 5. The van der Waals surface area contributed by atoms with Crippen LogP contribution in [-0.2, 0) is 11.0 Å². The predicted molar refractivity (Wildman–Crippen MR) is 115 cm³/mol. The van der Waals surface area contributed by atoms with E-state index in [0.29, 0.717) is 5.56 Å². The van der Waals surface area contributed by atoms with Gasteiger partial charge in [-0.15, -0.1) is 11.3 Å². The number of halogens is 4. The van der Waals surface area contributed by atoms with Crippen LogP contribution >= 0.6 is 22.9 Å². The van der Waals surface area contributed by atoms with Crippen LogP contribution < -0.4 is 4.90 Å². The highest BCUT2D eigenvalue weighted by molar-refractivity contribution is 7.14. The molecule has 12 heteroatoms. The molecule has 1 aliphatic heterocycles. The highest BCUT2D eigenvalue weighted by Crippen LogP contribution is 2.37. The summed E-state index contributed by atoms with van der Waals surface area (Å²) in [6, 6.07) is 6.06. The van der Waals surface area contributed by atoms with Gasteiger partial charge in [0.2, 0.25) is 5.91 Å². The van der Waals surface area contributed by atoms with Crippen molar-refractivity contribution >= 4 is 45.4 Å². The second kappa shape index (κ2) is 7.92. The van der Waals surface area contributed by atoms with Crippen LogP contribution in [0.2, 0.25) is 5.15 Å². The van der Waals surface area contributed by atoms with Crippen molar-refractivity contribution in [3.63, 3.8) is 0 Å². The van der Waals surface area contributed by atoms with Crippen molar-refractivity contribution in [2.24, 2.45) is 0 Å². The molecule has 2 amide bonds. The van der Waals surface area contributed by atoms with Gasteiger partial charge in [0.05, 0.1) is 23.1 Å². The number of furan rings is 1. The molecule has 0 saturated carbocycles. The molecule has 0 unspecified atom stereocenters. The maximum absolute atomic E-state index is 13.8. The Labute approximate surface area is 193 Å². The van der Waals surface area contributed by atoms with Gasteiger partial charge in [-0.3, -0.25) is 14.0 Å². The Morgan fingerprint density at radius 3 is 2.67 bits per heavy atom. The third-order valence-electron chi connectivity index (χ3n) is 5.30. The lowest BCUT2D eigenvalue weighted by atomic mass is 10.1. The maximum Gasteiger partial charge on any atom is 0.420 e. The topological polar surface area (TPSA) is 71.1 Å². The zero-order chi connectivity index (χ0) is 23.3. The average molecular weight is 495 g/mol. The fourth-order valence-electron chi connectivity index (χ4n) is 3.70. The number of rotatable bonds is 3. The standard InChI is InChI=1S/C21H14ClF3N4O3S/c22-18-17(20(31)27-4-5-28(15(30)10-27)16-2-1-7-33-16)26-19-14(21(23,24)25)8-13(9-29(18)19)12-3-6-32-11-12/h1-3,6-9,11H,4-5,10H2. The van der Waals surface area contributed by atoms with E-state index in [1.165, 1.54) is 41.0 Å². The number of hydrogen-bond donors (Lipinski definition) is 0. The first-order valence-corrected chi connectivity index (χ1v) is 10.9. The Bertz CT molecular complexity index is 1350. The maximum atomic E-state index is 13.8. The Kier molecular flexibility index (Phi) is 5.17. The minimum Gasteiger partial charge on any atom is -0.472 e. The molecule has 5 heterocycles. The van der Waals surface area contributed by atoms with Gasteiger partial charge in [0.1, 0.15) is 11.7 Å². The van der Waals surface area contributed by atoms with E-state index in [-0.39, 0.29) is 42.0 Å². The minimum atomic E-state index is -4.74. The van der Waals surface area contributed by atoms with Crippen LogP contribution in [0, 0.1) is 0 Å². The smallest absolute Gasteiger partial charge is 0.420 e. The molecular formula is C21H14ClF3N4O3S. The van der Waals surface area contributed by atoms with Gasteiger partial charge < -0.3 is 14.2 Å². The van der Waals surface area contributed by atoms with Crippen LogP contribution in [0.5, 0.6) is 0 Å². The molecule has 1 saturated heterocycles. The second-order valence-electron chi connectivity index (χ2n) is 7.32. The van der Waals surface area contributed by atoms with E-state index in [9.17, 15) is 22.8 Å². The first-order valence-electron chi connectivity index (χ1n) is 9.68. The normalized spacial score (nSPS) is 15.0. The lowest BCUT2D eigenvalue weighted by Gasteiger charge is -2.33. The number of alkyl halides is 3. The molecule has 1 aliphatic rings. The first kappa shape index (κ1) is 21.5. The van der Waals surface area contributed by atoms with Crippen LogP contribution in [0.3, 0.4) is 0 Å². The number of aromatic nitrogens is 2. The third kappa shape index (κ3) is 3.76. The molecule has 5 rings (SSSR count). The number of pyridine rings is 1. The molecule has 4 aromatic heterocycles. The van der Waals surface area contributed by atoms with Crippen molar-refractivity contribution in [3.05, 3.63) is 64.8 Å². The summed E-state index contributed by atoms with van der Waals surface area (Å²) < 4.78 is 47.4. The average Bonchev–Trinajstić information content (AvgIpc) is 3.54. The Balaban J connectivity index is 1.52. The number of fused-ring (bicyclic) bond motifs is 1. The van der Waals surface area contributed by atoms with Crippen LogP contribution in [0.15, 0.2) is 52.8 Å². The number of piperazine rings is 1. The van der Waals surface area contributed by atoms with Gasteiger partial charge >= 0.3 is 6.18 Å². The van der Waals surface area contributed by atoms with Gasteiger partial charge in [0, 0.05) is 30.4 Å². The second-order valence-corrected chi connectivity index (χ2v) is 8.60. The van der Waals surface area contributed by atoms with Crippen molar-refractivity contribution in [1.29, 1.82) is 0 Å². The summed E-state index contributed by atoms with van der Waals surface area (Å²) in [5.74, 6) is -1.00. The molecule has 0 spiro atoms. The summed E-state index contributed by atoms with van der Waals surface area (Å²) in [5.41, 5.74) is -1.27. The van der Waals surface area contributed by atoms with Crippen molar-refractivity contribution < 1.29 is 27.2 Å². The highest BCUT2D eigenvalue weighted by Gasteiger charge is 2.37. The fourth-order valence-corrected chi connectivity index (χ4v) is 4.73. The minimum absolute atomic E-state index is 0.194. The molecule has 0 radical (unpaired) electrons. The Morgan fingerprint density at radius 2 is 2.03 bits per heavy atom. The molecule has 33 heavy (non-hydrogen) atoms. The number of nitrogens with zero attached hydrogens (tertiary/aromatic N) is 4. The lowest BCUT2D eigenvalue weighted by molar-refractivity contribution is -0.136. The molecule has 0 aliphatic carbocycles. The van der Waals surface area contributed by atoms with Gasteiger partial charge in [-0.05, 0) is 29.6 Å². The summed E-state index contributed by atoms with van der Waals surface area (Å²) in [4.78, 5) is 32.4. The number of amides is 2. The fraction of sp³-hybridized carbons (Fsp3) is 0.190. The molecule has 0 N–H and O–H groups in total. The van der Waals surface area contributed by atoms with Gasteiger partial charge in [0.25, 0.3) is 5.91 Å². The molecule has 4 aromatic rings. The Hall–Kier alpha value is -3.31. The molecule has 0 atom stereocenters. The number of thiophene rings is 1. The SMILES string of the molecule is O=C(c1nc2c(C(F)(F)F)cc(-c3ccoc3)cn2c1Cl)N1CCN(c2cccs2)C(=O)C1. The van der Waals surface area contributed by atoms with E-state index in [2.05, 4.69) is 4.98 Å². The quantitative estimate of drug-likeness (QED) is 0.409.